The molecule has 0 radical (unpaired) electrons. The zero-order valence-corrected chi connectivity index (χ0v) is 19.0. The number of ether oxygens (including phenoxy) is 2. The number of unbranched alkanes of at least 4 members (excludes halogenated alkanes) is 3. The number of carbonyl (C=O) groups is 1. The van der Waals surface area contributed by atoms with Gasteiger partial charge in [-0.25, -0.2) is 4.79 Å². The molecule has 166 valence electrons. The topological polar surface area (TPSA) is 47.9 Å². The standard InChI is InChI=1S/C27H35NO3/c1-4-6-7-8-19-30-26-16-11-24(12-17-26)20-28-25-14-9-23(10-15-25)13-18-27(29)31-21-22(3)5-2/h9-18,20,22H,4-8,19,21H2,1-3H3/b18-13+,28-20?. The first-order valence-corrected chi connectivity index (χ1v) is 11.3. The predicted octanol–water partition coefficient (Wildman–Crippen LogP) is 7.00. The molecule has 2 aromatic carbocycles. The van der Waals surface area contributed by atoms with Crippen molar-refractivity contribution in [3.05, 3.63) is 65.7 Å². The van der Waals surface area contributed by atoms with E-state index < -0.39 is 0 Å². The van der Waals surface area contributed by atoms with Crippen molar-refractivity contribution in [2.24, 2.45) is 10.9 Å². The fourth-order valence-electron chi connectivity index (χ4n) is 2.74. The van der Waals surface area contributed by atoms with Crippen molar-refractivity contribution in [3.63, 3.8) is 0 Å². The summed E-state index contributed by atoms with van der Waals surface area (Å²) in [5.41, 5.74) is 2.80. The van der Waals surface area contributed by atoms with Gasteiger partial charge in [-0.15, -0.1) is 0 Å². The molecular formula is C27H35NO3. The summed E-state index contributed by atoms with van der Waals surface area (Å²) in [5, 5.41) is 0. The lowest BCUT2D eigenvalue weighted by molar-refractivity contribution is -0.138. The van der Waals surface area contributed by atoms with E-state index in [4.69, 9.17) is 9.47 Å². The number of esters is 1. The van der Waals surface area contributed by atoms with Gasteiger partial charge in [-0.3, -0.25) is 4.99 Å². The van der Waals surface area contributed by atoms with Crippen LogP contribution >= 0.6 is 0 Å². The molecule has 2 aromatic rings. The second-order valence-electron chi connectivity index (χ2n) is 7.80. The third-order valence-electron chi connectivity index (χ3n) is 5.02. The molecule has 2 rings (SSSR count). The highest BCUT2D eigenvalue weighted by molar-refractivity contribution is 5.87. The molecular weight excluding hydrogens is 386 g/mol. The van der Waals surface area contributed by atoms with Crippen molar-refractivity contribution < 1.29 is 14.3 Å². The van der Waals surface area contributed by atoms with Gasteiger partial charge < -0.3 is 9.47 Å². The molecule has 0 spiro atoms. The molecule has 1 atom stereocenters. The minimum Gasteiger partial charge on any atom is -0.494 e. The normalized spacial score (nSPS) is 12.4. The predicted molar refractivity (Wildman–Crippen MR) is 129 cm³/mol. The van der Waals surface area contributed by atoms with E-state index in [2.05, 4.69) is 25.8 Å². The van der Waals surface area contributed by atoms with Crippen molar-refractivity contribution in [2.45, 2.75) is 52.9 Å². The van der Waals surface area contributed by atoms with Crippen LogP contribution in [0.4, 0.5) is 5.69 Å². The molecule has 1 unspecified atom stereocenters. The summed E-state index contributed by atoms with van der Waals surface area (Å²) >= 11 is 0. The number of benzene rings is 2. The summed E-state index contributed by atoms with van der Waals surface area (Å²) < 4.78 is 11.0. The molecule has 4 heteroatoms. The van der Waals surface area contributed by atoms with Gasteiger partial charge in [0.05, 0.1) is 18.9 Å². The average Bonchev–Trinajstić information content (AvgIpc) is 2.81. The Hall–Kier alpha value is -2.88. The van der Waals surface area contributed by atoms with Crippen LogP contribution in [-0.4, -0.2) is 25.4 Å². The van der Waals surface area contributed by atoms with Crippen LogP contribution in [0.15, 0.2) is 59.6 Å². The van der Waals surface area contributed by atoms with Gasteiger partial charge in [0.2, 0.25) is 0 Å². The molecule has 0 N–H and O–H groups in total. The molecule has 0 aliphatic rings. The molecule has 4 nitrogen and oxygen atoms in total. The SMILES string of the molecule is CCCCCCOc1ccc(C=Nc2ccc(/C=C/C(=O)OCC(C)CC)cc2)cc1. The summed E-state index contributed by atoms with van der Waals surface area (Å²) in [6.07, 6.45) is 10.9. The van der Waals surface area contributed by atoms with E-state index in [1.54, 1.807) is 6.08 Å². The van der Waals surface area contributed by atoms with E-state index in [0.29, 0.717) is 12.5 Å². The maximum Gasteiger partial charge on any atom is 0.330 e. The molecule has 0 heterocycles. The first kappa shape index (κ1) is 24.4. The van der Waals surface area contributed by atoms with E-state index in [1.165, 1.54) is 25.3 Å². The van der Waals surface area contributed by atoms with Crippen LogP contribution in [0, 0.1) is 5.92 Å². The quantitative estimate of drug-likeness (QED) is 0.151. The molecule has 0 aromatic heterocycles. The highest BCUT2D eigenvalue weighted by atomic mass is 16.5. The zero-order chi connectivity index (χ0) is 22.3. The van der Waals surface area contributed by atoms with E-state index >= 15 is 0 Å². The van der Waals surface area contributed by atoms with Crippen molar-refractivity contribution in [1.29, 1.82) is 0 Å². The van der Waals surface area contributed by atoms with Gasteiger partial charge in [0, 0.05) is 12.3 Å². The maximum absolute atomic E-state index is 11.7. The fraction of sp³-hybridized carbons (Fsp3) is 0.407. The Bertz CT molecular complexity index is 823. The largest absolute Gasteiger partial charge is 0.494 e. The number of nitrogens with zero attached hydrogens (tertiary/aromatic N) is 1. The van der Waals surface area contributed by atoms with Gasteiger partial charge in [-0.1, -0.05) is 58.6 Å². The summed E-state index contributed by atoms with van der Waals surface area (Å²) in [6.45, 7) is 7.58. The van der Waals surface area contributed by atoms with Crippen LogP contribution in [-0.2, 0) is 9.53 Å². The molecule has 0 saturated heterocycles. The van der Waals surface area contributed by atoms with Gasteiger partial charge >= 0.3 is 5.97 Å². The zero-order valence-electron chi connectivity index (χ0n) is 19.0. The number of hydrogen-bond donors (Lipinski definition) is 0. The minimum atomic E-state index is -0.309. The van der Waals surface area contributed by atoms with E-state index in [1.807, 2.05) is 54.7 Å². The Morgan fingerprint density at radius 3 is 2.35 bits per heavy atom. The molecule has 0 aliphatic carbocycles. The lowest BCUT2D eigenvalue weighted by Crippen LogP contribution is -2.08. The Kier molecular flexibility index (Phi) is 11.2. The smallest absolute Gasteiger partial charge is 0.330 e. The summed E-state index contributed by atoms with van der Waals surface area (Å²) in [5.74, 6) is 0.969. The van der Waals surface area contributed by atoms with Gasteiger partial charge in [0.15, 0.2) is 0 Å². The Morgan fingerprint density at radius 1 is 0.968 bits per heavy atom. The summed E-state index contributed by atoms with van der Waals surface area (Å²) in [4.78, 5) is 16.3. The first-order chi connectivity index (χ1) is 15.1. The average molecular weight is 422 g/mol. The Labute approximate surface area is 187 Å². The molecule has 0 bridgehead atoms. The second-order valence-corrected chi connectivity index (χ2v) is 7.80. The van der Waals surface area contributed by atoms with Crippen LogP contribution in [0.25, 0.3) is 6.08 Å². The number of aliphatic imine (C=N–C) groups is 1. The first-order valence-electron chi connectivity index (χ1n) is 11.3. The van der Waals surface area contributed by atoms with Crippen LogP contribution in [0.2, 0.25) is 0 Å². The van der Waals surface area contributed by atoms with E-state index in [9.17, 15) is 4.79 Å². The Morgan fingerprint density at radius 2 is 1.68 bits per heavy atom. The molecule has 0 aliphatic heterocycles. The van der Waals surface area contributed by atoms with Crippen molar-refractivity contribution in [1.82, 2.24) is 0 Å². The van der Waals surface area contributed by atoms with Crippen LogP contribution in [0.5, 0.6) is 5.75 Å². The third kappa shape index (κ3) is 10.1. The van der Waals surface area contributed by atoms with E-state index in [0.717, 1.165) is 42.0 Å². The second kappa shape index (κ2) is 14.2. The molecule has 0 saturated carbocycles. The molecule has 0 fully saturated rings. The maximum atomic E-state index is 11.7. The van der Waals surface area contributed by atoms with Crippen LogP contribution < -0.4 is 4.74 Å². The number of hydrogen-bond acceptors (Lipinski definition) is 4. The lowest BCUT2D eigenvalue weighted by atomic mass is 10.1. The fourth-order valence-corrected chi connectivity index (χ4v) is 2.74. The Balaban J connectivity index is 1.80. The summed E-state index contributed by atoms with van der Waals surface area (Å²) in [6, 6.07) is 15.7. The van der Waals surface area contributed by atoms with Crippen molar-refractivity contribution in [3.8, 4) is 5.75 Å². The van der Waals surface area contributed by atoms with E-state index in [-0.39, 0.29) is 5.97 Å². The van der Waals surface area contributed by atoms with Gasteiger partial charge in [-0.2, -0.15) is 0 Å². The molecule has 0 amide bonds. The van der Waals surface area contributed by atoms with Crippen molar-refractivity contribution >= 4 is 23.9 Å². The highest BCUT2D eigenvalue weighted by Gasteiger charge is 2.02. The van der Waals surface area contributed by atoms with Gasteiger partial charge in [-0.05, 0) is 65.9 Å². The molecule has 31 heavy (non-hydrogen) atoms. The minimum absolute atomic E-state index is 0.309. The highest BCUT2D eigenvalue weighted by Crippen LogP contribution is 2.16. The van der Waals surface area contributed by atoms with Gasteiger partial charge in [0.1, 0.15) is 5.75 Å². The van der Waals surface area contributed by atoms with Gasteiger partial charge in [0.25, 0.3) is 0 Å². The number of carbonyl (C=O) groups excluding carboxylic acids is 1. The van der Waals surface area contributed by atoms with Crippen molar-refractivity contribution in [2.75, 3.05) is 13.2 Å². The number of rotatable bonds is 13. The third-order valence-corrected chi connectivity index (χ3v) is 5.02. The lowest BCUT2D eigenvalue weighted by Gasteiger charge is -2.07. The van der Waals surface area contributed by atoms with Crippen LogP contribution in [0.3, 0.4) is 0 Å². The monoisotopic (exact) mass is 421 g/mol. The summed E-state index contributed by atoms with van der Waals surface area (Å²) in [7, 11) is 0. The van der Waals surface area contributed by atoms with Crippen LogP contribution in [0.1, 0.15) is 64.0 Å².